The fourth-order valence-corrected chi connectivity index (χ4v) is 2.93. The molecule has 0 unspecified atom stereocenters. The number of hydrogen-bond acceptors (Lipinski definition) is 5. The second-order valence-electron chi connectivity index (χ2n) is 7.04. The third-order valence-electron chi connectivity index (χ3n) is 4.47. The van der Waals surface area contributed by atoms with E-state index in [1.54, 1.807) is 54.6 Å². The smallest absolute Gasteiger partial charge is 0.262 e. The second kappa shape index (κ2) is 12.0. The summed E-state index contributed by atoms with van der Waals surface area (Å²) in [5.41, 5.74) is 0.691. The molecule has 3 aromatic rings. The highest BCUT2D eigenvalue weighted by atomic mass is 19.1. The van der Waals surface area contributed by atoms with Crippen LogP contribution in [0, 0.1) is 5.82 Å². The molecule has 0 aliphatic rings. The van der Waals surface area contributed by atoms with E-state index in [0.717, 1.165) is 0 Å². The maximum Gasteiger partial charge on any atom is 0.262 e. The Kier molecular flexibility index (Phi) is 8.56. The standard InChI is InChI=1S/C25H24FN3O5/c1-2-27-23(30)15-33-18-9-7-8-17(14-18)28-25(32)19-10-3-6-13-22(19)34-16-24(31)29-21-12-5-4-11-20(21)26/h3-14H,2,15-16H2,1H3,(H,27,30)(H,28,32)(H,29,31). The zero-order chi connectivity index (χ0) is 24.3. The van der Waals surface area contributed by atoms with Crippen LogP contribution in [-0.2, 0) is 9.59 Å². The monoisotopic (exact) mass is 465 g/mol. The van der Waals surface area contributed by atoms with Crippen LogP contribution in [0.25, 0.3) is 0 Å². The number of anilines is 2. The maximum atomic E-state index is 13.7. The fourth-order valence-electron chi connectivity index (χ4n) is 2.93. The molecule has 9 heteroatoms. The average molecular weight is 465 g/mol. The Morgan fingerprint density at radius 1 is 0.824 bits per heavy atom. The Labute approximate surface area is 196 Å². The maximum absolute atomic E-state index is 13.7. The van der Waals surface area contributed by atoms with Crippen LogP contribution in [0.5, 0.6) is 11.5 Å². The Balaban J connectivity index is 1.61. The van der Waals surface area contributed by atoms with Gasteiger partial charge in [0.2, 0.25) is 0 Å². The highest BCUT2D eigenvalue weighted by Gasteiger charge is 2.15. The van der Waals surface area contributed by atoms with Gasteiger partial charge in [0.1, 0.15) is 17.3 Å². The van der Waals surface area contributed by atoms with Gasteiger partial charge in [0.05, 0.1) is 11.3 Å². The van der Waals surface area contributed by atoms with Gasteiger partial charge in [0.25, 0.3) is 17.7 Å². The van der Waals surface area contributed by atoms with E-state index in [-0.39, 0.29) is 29.5 Å². The van der Waals surface area contributed by atoms with Gasteiger partial charge < -0.3 is 25.4 Å². The van der Waals surface area contributed by atoms with E-state index >= 15 is 0 Å². The van der Waals surface area contributed by atoms with E-state index in [1.807, 2.05) is 6.92 Å². The van der Waals surface area contributed by atoms with Gasteiger partial charge in [-0.2, -0.15) is 0 Å². The quantitative estimate of drug-likeness (QED) is 0.424. The molecule has 8 nitrogen and oxygen atoms in total. The lowest BCUT2D eigenvalue weighted by Gasteiger charge is -2.13. The molecule has 0 atom stereocenters. The van der Waals surface area contributed by atoms with E-state index in [2.05, 4.69) is 16.0 Å². The lowest BCUT2D eigenvalue weighted by atomic mass is 10.2. The molecular formula is C25H24FN3O5. The number of hydrogen-bond donors (Lipinski definition) is 3. The average Bonchev–Trinajstić information content (AvgIpc) is 2.83. The van der Waals surface area contributed by atoms with Crippen molar-refractivity contribution in [2.24, 2.45) is 0 Å². The first-order valence-corrected chi connectivity index (χ1v) is 10.5. The summed E-state index contributed by atoms with van der Waals surface area (Å²) in [6.07, 6.45) is 0. The second-order valence-corrected chi connectivity index (χ2v) is 7.04. The molecule has 176 valence electrons. The normalized spacial score (nSPS) is 10.2. The number of carbonyl (C=O) groups is 3. The number of amides is 3. The predicted octanol–water partition coefficient (Wildman–Crippen LogP) is 3.61. The van der Waals surface area contributed by atoms with Crippen molar-refractivity contribution in [3.63, 3.8) is 0 Å². The van der Waals surface area contributed by atoms with E-state index in [0.29, 0.717) is 18.0 Å². The summed E-state index contributed by atoms with van der Waals surface area (Å²) >= 11 is 0. The molecule has 0 aliphatic carbocycles. The molecule has 3 aromatic carbocycles. The van der Waals surface area contributed by atoms with Crippen LogP contribution >= 0.6 is 0 Å². The molecule has 0 aromatic heterocycles. The van der Waals surface area contributed by atoms with Crippen molar-refractivity contribution in [1.82, 2.24) is 5.32 Å². The first kappa shape index (κ1) is 24.2. The molecule has 0 saturated carbocycles. The number of likely N-dealkylation sites (N-methyl/N-ethyl adjacent to an activating group) is 1. The molecule has 34 heavy (non-hydrogen) atoms. The Morgan fingerprint density at radius 3 is 2.35 bits per heavy atom. The van der Waals surface area contributed by atoms with Crippen LogP contribution < -0.4 is 25.4 Å². The Bertz CT molecular complexity index is 1170. The minimum atomic E-state index is -0.572. The van der Waals surface area contributed by atoms with Gasteiger partial charge in [-0.05, 0) is 43.3 Å². The number of carbonyl (C=O) groups excluding carboxylic acids is 3. The summed E-state index contributed by atoms with van der Waals surface area (Å²) in [4.78, 5) is 36.5. The van der Waals surface area contributed by atoms with Crippen molar-refractivity contribution < 1.29 is 28.2 Å². The molecule has 3 amide bonds. The molecule has 0 radical (unpaired) electrons. The summed E-state index contributed by atoms with van der Waals surface area (Å²) < 4.78 is 24.7. The van der Waals surface area contributed by atoms with Gasteiger partial charge >= 0.3 is 0 Å². The van der Waals surface area contributed by atoms with E-state index in [1.165, 1.54) is 18.2 Å². The zero-order valence-electron chi connectivity index (χ0n) is 18.5. The number of nitrogens with one attached hydrogen (secondary N) is 3. The highest BCUT2D eigenvalue weighted by molar-refractivity contribution is 6.06. The third kappa shape index (κ3) is 7.06. The first-order chi connectivity index (χ1) is 16.5. The summed E-state index contributed by atoms with van der Waals surface area (Å²) in [5.74, 6) is -1.25. The summed E-state index contributed by atoms with van der Waals surface area (Å²) in [5, 5.41) is 7.79. The van der Waals surface area contributed by atoms with Crippen LogP contribution in [0.4, 0.5) is 15.8 Å². The van der Waals surface area contributed by atoms with Crippen LogP contribution in [0.1, 0.15) is 17.3 Å². The molecule has 0 saturated heterocycles. The van der Waals surface area contributed by atoms with Crippen LogP contribution in [-0.4, -0.2) is 37.5 Å². The van der Waals surface area contributed by atoms with Gasteiger partial charge in [0.15, 0.2) is 13.2 Å². The van der Waals surface area contributed by atoms with Crippen molar-refractivity contribution in [1.29, 1.82) is 0 Å². The number of rotatable bonds is 10. The molecule has 3 N–H and O–H groups in total. The molecule has 3 rings (SSSR count). The van der Waals surface area contributed by atoms with E-state index < -0.39 is 24.2 Å². The lowest BCUT2D eigenvalue weighted by Crippen LogP contribution is -2.28. The third-order valence-corrected chi connectivity index (χ3v) is 4.47. The van der Waals surface area contributed by atoms with Gasteiger partial charge in [-0.15, -0.1) is 0 Å². The molecule has 0 fully saturated rings. The molecule has 0 heterocycles. The van der Waals surface area contributed by atoms with Gasteiger partial charge in [-0.1, -0.05) is 30.3 Å². The number of para-hydroxylation sites is 2. The lowest BCUT2D eigenvalue weighted by molar-refractivity contribution is -0.123. The molecule has 0 aliphatic heterocycles. The van der Waals surface area contributed by atoms with Crippen LogP contribution in [0.15, 0.2) is 72.8 Å². The van der Waals surface area contributed by atoms with Gasteiger partial charge in [0, 0.05) is 18.3 Å². The largest absolute Gasteiger partial charge is 0.484 e. The predicted molar refractivity (Wildman–Crippen MR) is 126 cm³/mol. The van der Waals surface area contributed by atoms with E-state index in [4.69, 9.17) is 9.47 Å². The summed E-state index contributed by atoms with van der Waals surface area (Å²) in [7, 11) is 0. The first-order valence-electron chi connectivity index (χ1n) is 10.5. The van der Waals surface area contributed by atoms with Gasteiger partial charge in [-0.25, -0.2) is 4.39 Å². The number of ether oxygens (including phenoxy) is 2. The topological polar surface area (TPSA) is 106 Å². The molecular weight excluding hydrogens is 441 g/mol. The van der Waals surface area contributed by atoms with Crippen molar-refractivity contribution >= 4 is 29.1 Å². The Hall–Kier alpha value is -4.40. The Morgan fingerprint density at radius 2 is 1.56 bits per heavy atom. The zero-order valence-corrected chi connectivity index (χ0v) is 18.5. The van der Waals surface area contributed by atoms with Crippen LogP contribution in [0.2, 0.25) is 0 Å². The van der Waals surface area contributed by atoms with Crippen molar-refractivity contribution in [2.75, 3.05) is 30.4 Å². The minimum absolute atomic E-state index is 0.0383. The summed E-state index contributed by atoms with van der Waals surface area (Å²) in [6, 6.07) is 18.8. The van der Waals surface area contributed by atoms with Crippen LogP contribution in [0.3, 0.4) is 0 Å². The number of halogens is 1. The highest BCUT2D eigenvalue weighted by Crippen LogP contribution is 2.22. The van der Waals surface area contributed by atoms with Crippen molar-refractivity contribution in [3.8, 4) is 11.5 Å². The van der Waals surface area contributed by atoms with E-state index in [9.17, 15) is 18.8 Å². The van der Waals surface area contributed by atoms with Gasteiger partial charge in [-0.3, -0.25) is 14.4 Å². The minimum Gasteiger partial charge on any atom is -0.484 e. The molecule has 0 bridgehead atoms. The molecule has 0 spiro atoms. The summed E-state index contributed by atoms with van der Waals surface area (Å²) in [6.45, 7) is 1.76. The SMILES string of the molecule is CCNC(=O)COc1cccc(NC(=O)c2ccccc2OCC(=O)Nc2ccccc2F)c1. The van der Waals surface area contributed by atoms with Crippen molar-refractivity contribution in [3.05, 3.63) is 84.2 Å². The fraction of sp³-hybridized carbons (Fsp3) is 0.160. The number of benzene rings is 3. The van der Waals surface area contributed by atoms with Crippen molar-refractivity contribution in [2.45, 2.75) is 6.92 Å².